The lowest BCUT2D eigenvalue weighted by atomic mass is 9.81. The Kier molecular flexibility index (Phi) is 8.07. The summed E-state index contributed by atoms with van der Waals surface area (Å²) in [6.07, 6.45) is 5.34. The molecule has 1 aliphatic heterocycles. The summed E-state index contributed by atoms with van der Waals surface area (Å²) in [5.41, 5.74) is 0.163. The second-order valence-corrected chi connectivity index (χ2v) is 11.6. The average Bonchev–Trinajstić information content (AvgIpc) is 3.04. The minimum atomic E-state index is -3.74. The first-order valence-electron chi connectivity index (χ1n) is 10.9. The second-order valence-electron chi connectivity index (χ2n) is 8.48. The molecule has 11 heteroatoms. The Labute approximate surface area is 199 Å². The van der Waals surface area contributed by atoms with E-state index in [1.54, 1.807) is 0 Å². The quantitative estimate of drug-likeness (QED) is 0.520. The van der Waals surface area contributed by atoms with Gasteiger partial charge in [-0.2, -0.15) is 11.8 Å². The number of nitrogens with zero attached hydrogens (tertiary/aromatic N) is 2. The molecule has 1 saturated carbocycles. The van der Waals surface area contributed by atoms with Crippen LogP contribution in [0.4, 0.5) is 5.69 Å². The van der Waals surface area contributed by atoms with Gasteiger partial charge in [-0.25, -0.2) is 12.7 Å². The van der Waals surface area contributed by atoms with E-state index in [0.29, 0.717) is 25.0 Å². The summed E-state index contributed by atoms with van der Waals surface area (Å²) in [7, 11) is 0.507. The number of likely N-dealkylation sites (tertiary alicyclic amines) is 1. The number of carbonyl (C=O) groups excluding carboxylic acids is 3. The van der Waals surface area contributed by atoms with Gasteiger partial charge in [0.05, 0.1) is 29.5 Å². The SMILES string of the molecule is COc1ccc(S(=O)(=O)N(C)C)cc1NC(=O)[C@H](CCSC)N1C(=O)[C@H]2CCCC[C@H]2C1=O. The standard InChI is InChI=1S/C22H31N3O6S2/c1-24(2)33(29,30)14-9-10-19(31-3)17(13-14)23-20(26)18(11-12-32-4)25-21(27)15-7-5-6-8-16(15)22(25)28/h9-10,13,15-16,18H,5-8,11-12H2,1-4H3,(H,23,26)/t15-,16+,18-/m0/s1. The second kappa shape index (κ2) is 10.4. The summed E-state index contributed by atoms with van der Waals surface area (Å²) < 4.78 is 31.5. The molecule has 3 amide bonds. The van der Waals surface area contributed by atoms with Gasteiger partial charge in [0.15, 0.2) is 0 Å². The Morgan fingerprint density at radius 3 is 2.33 bits per heavy atom. The van der Waals surface area contributed by atoms with Gasteiger partial charge in [-0.3, -0.25) is 19.3 Å². The molecule has 0 bridgehead atoms. The van der Waals surface area contributed by atoms with Crippen LogP contribution in [0.5, 0.6) is 5.75 Å². The van der Waals surface area contributed by atoms with Crippen molar-refractivity contribution in [1.29, 1.82) is 0 Å². The van der Waals surface area contributed by atoms with Crippen molar-refractivity contribution in [3.8, 4) is 5.75 Å². The highest BCUT2D eigenvalue weighted by molar-refractivity contribution is 7.98. The number of ether oxygens (including phenoxy) is 1. The average molecular weight is 498 g/mol. The van der Waals surface area contributed by atoms with Crippen LogP contribution in [0, 0.1) is 11.8 Å². The van der Waals surface area contributed by atoms with Gasteiger partial charge in [-0.05, 0) is 49.5 Å². The molecule has 33 heavy (non-hydrogen) atoms. The zero-order valence-corrected chi connectivity index (χ0v) is 21.0. The zero-order chi connectivity index (χ0) is 24.3. The van der Waals surface area contributed by atoms with E-state index in [2.05, 4.69) is 5.32 Å². The van der Waals surface area contributed by atoms with Gasteiger partial charge in [0, 0.05) is 14.1 Å². The number of hydrogen-bond acceptors (Lipinski definition) is 7. The Balaban J connectivity index is 1.92. The number of methoxy groups -OCH3 is 1. The van der Waals surface area contributed by atoms with Crippen LogP contribution in [-0.2, 0) is 24.4 Å². The number of amides is 3. The number of fused-ring (bicyclic) bond motifs is 1. The van der Waals surface area contributed by atoms with E-state index in [0.717, 1.165) is 22.0 Å². The Morgan fingerprint density at radius 2 is 1.82 bits per heavy atom. The molecule has 1 heterocycles. The number of hydrogen-bond donors (Lipinski definition) is 1. The van der Waals surface area contributed by atoms with Gasteiger partial charge in [0.25, 0.3) is 0 Å². The number of sulfonamides is 1. The third-order valence-corrected chi connectivity index (χ3v) is 8.75. The van der Waals surface area contributed by atoms with E-state index >= 15 is 0 Å². The van der Waals surface area contributed by atoms with E-state index in [4.69, 9.17) is 4.74 Å². The predicted octanol–water partition coefficient (Wildman–Crippen LogP) is 2.18. The van der Waals surface area contributed by atoms with Crippen molar-refractivity contribution in [2.24, 2.45) is 11.8 Å². The zero-order valence-electron chi connectivity index (χ0n) is 19.4. The summed E-state index contributed by atoms with van der Waals surface area (Å²) in [5.74, 6) is -0.933. The minimum absolute atomic E-state index is 0.0105. The van der Waals surface area contributed by atoms with Crippen molar-refractivity contribution in [3.63, 3.8) is 0 Å². The van der Waals surface area contributed by atoms with Crippen molar-refractivity contribution in [1.82, 2.24) is 9.21 Å². The molecule has 0 spiro atoms. The lowest BCUT2D eigenvalue weighted by molar-refractivity contribution is -0.146. The van der Waals surface area contributed by atoms with Gasteiger partial charge in [0.1, 0.15) is 11.8 Å². The van der Waals surface area contributed by atoms with Crippen LogP contribution in [0.1, 0.15) is 32.1 Å². The van der Waals surface area contributed by atoms with Crippen LogP contribution >= 0.6 is 11.8 Å². The van der Waals surface area contributed by atoms with Gasteiger partial charge in [0.2, 0.25) is 27.7 Å². The predicted molar refractivity (Wildman–Crippen MR) is 127 cm³/mol. The molecule has 0 aromatic heterocycles. The molecule has 3 atom stereocenters. The summed E-state index contributed by atoms with van der Waals surface area (Å²) in [5, 5.41) is 2.72. The molecule has 1 aromatic rings. The molecule has 3 rings (SSSR count). The number of thioether (sulfide) groups is 1. The van der Waals surface area contributed by atoms with Gasteiger partial charge in [-0.15, -0.1) is 0 Å². The smallest absolute Gasteiger partial charge is 0.247 e. The first kappa shape index (κ1) is 25.5. The van der Waals surface area contributed by atoms with Gasteiger partial charge in [-0.1, -0.05) is 12.8 Å². The number of imide groups is 1. The normalized spacial score (nSPS) is 21.8. The minimum Gasteiger partial charge on any atom is -0.495 e. The molecule has 2 fully saturated rings. The lowest BCUT2D eigenvalue weighted by Crippen LogP contribution is -2.48. The Bertz CT molecular complexity index is 1000. The summed E-state index contributed by atoms with van der Waals surface area (Å²) in [4.78, 5) is 40.7. The number of rotatable bonds is 9. The maximum Gasteiger partial charge on any atom is 0.247 e. The summed E-state index contributed by atoms with van der Waals surface area (Å²) >= 11 is 1.52. The molecule has 9 nitrogen and oxygen atoms in total. The highest BCUT2D eigenvalue weighted by atomic mass is 32.2. The Hall–Kier alpha value is -2.11. The number of anilines is 1. The largest absolute Gasteiger partial charge is 0.495 e. The monoisotopic (exact) mass is 497 g/mol. The Morgan fingerprint density at radius 1 is 1.21 bits per heavy atom. The van der Waals surface area contributed by atoms with E-state index in [1.165, 1.54) is 51.2 Å². The molecular formula is C22H31N3O6S2. The molecule has 0 radical (unpaired) electrons. The molecule has 1 N–H and O–H groups in total. The molecular weight excluding hydrogens is 466 g/mol. The highest BCUT2D eigenvalue weighted by Crippen LogP contribution is 2.39. The van der Waals surface area contributed by atoms with Crippen molar-refractivity contribution >= 4 is 45.2 Å². The first-order chi connectivity index (χ1) is 15.6. The van der Waals surface area contributed by atoms with E-state index in [1.807, 2.05) is 6.26 Å². The lowest BCUT2D eigenvalue weighted by Gasteiger charge is -2.26. The maximum atomic E-state index is 13.4. The third kappa shape index (κ3) is 5.04. The molecule has 1 aromatic carbocycles. The highest BCUT2D eigenvalue weighted by Gasteiger charge is 2.51. The number of benzene rings is 1. The van der Waals surface area contributed by atoms with Crippen molar-refractivity contribution < 1.29 is 27.5 Å². The van der Waals surface area contributed by atoms with Crippen LogP contribution in [0.2, 0.25) is 0 Å². The fourth-order valence-electron chi connectivity index (χ4n) is 4.47. The molecule has 1 aliphatic carbocycles. The fourth-order valence-corrected chi connectivity index (χ4v) is 5.86. The van der Waals surface area contributed by atoms with E-state index < -0.39 is 22.0 Å². The van der Waals surface area contributed by atoms with Crippen LogP contribution < -0.4 is 10.1 Å². The van der Waals surface area contributed by atoms with Crippen LogP contribution in [0.25, 0.3) is 0 Å². The molecule has 182 valence electrons. The van der Waals surface area contributed by atoms with Gasteiger partial charge < -0.3 is 10.1 Å². The van der Waals surface area contributed by atoms with Crippen molar-refractivity contribution in [2.45, 2.75) is 43.0 Å². The topological polar surface area (TPSA) is 113 Å². The van der Waals surface area contributed by atoms with Crippen molar-refractivity contribution in [2.75, 3.05) is 38.5 Å². The summed E-state index contributed by atoms with van der Waals surface area (Å²) in [6, 6.07) is 3.21. The van der Waals surface area contributed by atoms with Crippen LogP contribution in [-0.4, -0.2) is 74.6 Å². The maximum absolute atomic E-state index is 13.4. The molecule has 0 unspecified atom stereocenters. The van der Waals surface area contributed by atoms with E-state index in [-0.39, 0.29) is 40.0 Å². The number of nitrogens with one attached hydrogen (secondary N) is 1. The number of carbonyl (C=O) groups is 3. The summed E-state index contributed by atoms with van der Waals surface area (Å²) in [6.45, 7) is 0. The van der Waals surface area contributed by atoms with Crippen LogP contribution in [0.3, 0.4) is 0 Å². The van der Waals surface area contributed by atoms with Crippen molar-refractivity contribution in [3.05, 3.63) is 18.2 Å². The fraction of sp³-hybridized carbons (Fsp3) is 0.591. The van der Waals surface area contributed by atoms with E-state index in [9.17, 15) is 22.8 Å². The first-order valence-corrected chi connectivity index (χ1v) is 13.7. The third-order valence-electron chi connectivity index (χ3n) is 6.29. The van der Waals surface area contributed by atoms with Gasteiger partial charge >= 0.3 is 0 Å². The van der Waals surface area contributed by atoms with Crippen LogP contribution in [0.15, 0.2) is 23.1 Å². The molecule has 2 aliphatic rings. The molecule has 1 saturated heterocycles.